The Hall–Kier alpha value is -7.79. The number of hydrogen-bond donors (Lipinski definition) is 0. The molecule has 0 atom stereocenters. The second-order valence-electron chi connectivity index (χ2n) is 15.5. The summed E-state index contributed by atoms with van der Waals surface area (Å²) in [5.41, 5.74) is 7.53. The zero-order chi connectivity index (χ0) is 38.3. The summed E-state index contributed by atoms with van der Waals surface area (Å²) in [7, 11) is 0. The van der Waals surface area contributed by atoms with Gasteiger partial charge in [0, 0.05) is 0 Å². The molecule has 58 heavy (non-hydrogen) atoms. The smallest absolute Gasteiger partial charge is 0.0991 e. The molecule has 1 heteroatoms. The minimum atomic E-state index is 0.652. The lowest BCUT2D eigenvalue weighted by Crippen LogP contribution is -1.92. The van der Waals surface area contributed by atoms with Crippen LogP contribution < -0.4 is 0 Å². The first-order valence-corrected chi connectivity index (χ1v) is 19.9. The van der Waals surface area contributed by atoms with Gasteiger partial charge in [-0.05, 0) is 162 Å². The third-order valence-electron chi connectivity index (χ3n) is 12.4. The highest BCUT2D eigenvalue weighted by atomic mass is 14.2. The summed E-state index contributed by atoms with van der Waals surface area (Å²) < 4.78 is 0. The highest BCUT2D eigenvalue weighted by Crippen LogP contribution is 2.47. The lowest BCUT2D eigenvalue weighted by molar-refractivity contribution is 1.48. The van der Waals surface area contributed by atoms with E-state index in [9.17, 15) is 5.26 Å². The van der Waals surface area contributed by atoms with Crippen LogP contribution >= 0.6 is 0 Å². The molecule has 0 saturated heterocycles. The summed E-state index contributed by atoms with van der Waals surface area (Å²) in [6, 6.07) is 75.5. The minimum Gasteiger partial charge on any atom is -0.192 e. The second-order valence-corrected chi connectivity index (χ2v) is 15.5. The molecule has 0 aliphatic carbocycles. The molecule has 1 nitrogen and oxygen atoms in total. The van der Waals surface area contributed by atoms with Gasteiger partial charge in [-0.2, -0.15) is 5.26 Å². The number of nitriles is 1. The molecule has 0 bridgehead atoms. The van der Waals surface area contributed by atoms with Gasteiger partial charge in [-0.25, -0.2) is 0 Å². The molecule has 0 radical (unpaired) electrons. The van der Waals surface area contributed by atoms with Crippen molar-refractivity contribution in [1.29, 1.82) is 5.26 Å². The average Bonchev–Trinajstić information content (AvgIpc) is 3.30. The average molecular weight is 732 g/mol. The van der Waals surface area contributed by atoms with Gasteiger partial charge in [0.2, 0.25) is 0 Å². The number of hydrogen-bond acceptors (Lipinski definition) is 1. The summed E-state index contributed by atoms with van der Waals surface area (Å²) >= 11 is 0. The van der Waals surface area contributed by atoms with Crippen molar-refractivity contribution >= 4 is 86.2 Å². The number of benzene rings is 12. The molecule has 0 aliphatic heterocycles. The van der Waals surface area contributed by atoms with Crippen LogP contribution in [0.15, 0.2) is 200 Å². The zero-order valence-corrected chi connectivity index (χ0v) is 31.5. The van der Waals surface area contributed by atoms with E-state index in [0.29, 0.717) is 5.56 Å². The predicted molar refractivity (Wildman–Crippen MR) is 248 cm³/mol. The van der Waals surface area contributed by atoms with Crippen molar-refractivity contribution in [3.63, 3.8) is 0 Å². The molecular formula is C57H33N. The van der Waals surface area contributed by atoms with Crippen LogP contribution in [0.1, 0.15) is 5.56 Å². The van der Waals surface area contributed by atoms with Crippen LogP contribution in [0.3, 0.4) is 0 Å². The van der Waals surface area contributed by atoms with Gasteiger partial charge in [0.1, 0.15) is 0 Å². The van der Waals surface area contributed by atoms with E-state index in [1.807, 2.05) is 12.1 Å². The second kappa shape index (κ2) is 12.6. The van der Waals surface area contributed by atoms with E-state index >= 15 is 0 Å². The lowest BCUT2D eigenvalue weighted by atomic mass is 9.84. The van der Waals surface area contributed by atoms with E-state index in [-0.39, 0.29) is 0 Å². The van der Waals surface area contributed by atoms with E-state index in [4.69, 9.17) is 0 Å². The Morgan fingerprint density at radius 1 is 0.241 bits per heavy atom. The fourth-order valence-corrected chi connectivity index (χ4v) is 9.85. The molecule has 12 aromatic rings. The number of fused-ring (bicyclic) bond motifs is 16. The van der Waals surface area contributed by atoms with Gasteiger partial charge < -0.3 is 0 Å². The van der Waals surface area contributed by atoms with Crippen molar-refractivity contribution in [2.75, 3.05) is 0 Å². The summed E-state index contributed by atoms with van der Waals surface area (Å²) in [4.78, 5) is 0. The maximum atomic E-state index is 9.69. The van der Waals surface area contributed by atoms with Crippen LogP contribution in [-0.2, 0) is 0 Å². The van der Waals surface area contributed by atoms with Gasteiger partial charge in [0.25, 0.3) is 0 Å². The molecule has 12 rings (SSSR count). The topological polar surface area (TPSA) is 23.8 Å². The van der Waals surface area contributed by atoms with Crippen molar-refractivity contribution in [3.05, 3.63) is 206 Å². The van der Waals surface area contributed by atoms with Crippen LogP contribution in [0.25, 0.3) is 120 Å². The zero-order valence-electron chi connectivity index (χ0n) is 31.5. The number of rotatable bonds is 3. The SMILES string of the molecule is N#Cc1ccc(-c2cc(-c3cc4c5ccccc5c5ccccc5c4c4ccccc34)cc(-c3cc4c5ccccc5c5ccccc5c4c4ccccc34)c2)cc1. The molecule has 0 spiro atoms. The van der Waals surface area contributed by atoms with Gasteiger partial charge in [0.15, 0.2) is 0 Å². The first kappa shape index (κ1) is 32.5. The fourth-order valence-electron chi connectivity index (χ4n) is 9.85. The number of nitrogens with zero attached hydrogens (tertiary/aromatic N) is 1. The molecule has 266 valence electrons. The van der Waals surface area contributed by atoms with Crippen LogP contribution in [0.2, 0.25) is 0 Å². The molecule has 0 fully saturated rings. The van der Waals surface area contributed by atoms with E-state index in [2.05, 4.69) is 194 Å². The maximum Gasteiger partial charge on any atom is 0.0991 e. The van der Waals surface area contributed by atoms with E-state index < -0.39 is 0 Å². The fraction of sp³-hybridized carbons (Fsp3) is 0. The Balaban J connectivity index is 1.22. The largest absolute Gasteiger partial charge is 0.192 e. The quantitative estimate of drug-likeness (QED) is 0.166. The Bertz CT molecular complexity index is 3520. The normalized spacial score (nSPS) is 11.8. The Kier molecular flexibility index (Phi) is 7.06. The van der Waals surface area contributed by atoms with Gasteiger partial charge in [-0.15, -0.1) is 0 Å². The summed E-state index contributed by atoms with van der Waals surface area (Å²) in [6.45, 7) is 0. The van der Waals surface area contributed by atoms with E-state index in [1.165, 1.54) is 97.3 Å². The minimum absolute atomic E-state index is 0.652. The van der Waals surface area contributed by atoms with Crippen LogP contribution in [0.4, 0.5) is 0 Å². The third kappa shape index (κ3) is 4.76. The molecule has 0 unspecified atom stereocenters. The van der Waals surface area contributed by atoms with Gasteiger partial charge in [-0.1, -0.05) is 158 Å². The lowest BCUT2D eigenvalue weighted by Gasteiger charge is -2.19. The highest BCUT2D eigenvalue weighted by molar-refractivity contribution is 6.34. The molecule has 0 aromatic heterocycles. The predicted octanol–water partition coefficient (Wildman–Crippen LogP) is 15.8. The maximum absolute atomic E-state index is 9.69. The molecule has 0 heterocycles. The van der Waals surface area contributed by atoms with E-state index in [0.717, 1.165) is 22.3 Å². The molecule has 0 saturated carbocycles. The van der Waals surface area contributed by atoms with Gasteiger partial charge in [-0.3, -0.25) is 0 Å². The van der Waals surface area contributed by atoms with E-state index in [1.54, 1.807) is 0 Å². The molecule has 0 aliphatic rings. The van der Waals surface area contributed by atoms with Crippen molar-refractivity contribution in [2.24, 2.45) is 0 Å². The monoisotopic (exact) mass is 731 g/mol. The Morgan fingerprint density at radius 2 is 0.534 bits per heavy atom. The van der Waals surface area contributed by atoms with Crippen LogP contribution in [0.5, 0.6) is 0 Å². The van der Waals surface area contributed by atoms with Gasteiger partial charge in [0.05, 0.1) is 11.6 Å². The molecular weight excluding hydrogens is 699 g/mol. The summed E-state index contributed by atoms with van der Waals surface area (Å²) in [5.74, 6) is 0. The standard InChI is InChI=1S/C57H33N/c58-34-35-25-27-36(28-26-35)37-29-38(52-32-54-44-17-3-1-13-40(44)42-15-5-9-21-48(42)56(54)50-23-11-7-19-46(50)52)31-39(30-37)53-33-55-45-18-4-2-14-41(45)43-16-6-10-22-49(43)57(55)51-24-12-8-20-47(51)53/h1-33H. The molecule has 0 amide bonds. The molecule has 12 aromatic carbocycles. The van der Waals surface area contributed by atoms with Crippen molar-refractivity contribution < 1.29 is 0 Å². The van der Waals surface area contributed by atoms with Crippen LogP contribution in [-0.4, -0.2) is 0 Å². The molecule has 0 N–H and O–H groups in total. The Morgan fingerprint density at radius 3 is 0.914 bits per heavy atom. The highest BCUT2D eigenvalue weighted by Gasteiger charge is 2.19. The van der Waals surface area contributed by atoms with Gasteiger partial charge >= 0.3 is 0 Å². The Labute approximate surface area is 335 Å². The summed E-state index contributed by atoms with van der Waals surface area (Å²) in [5, 5.41) is 29.8. The van der Waals surface area contributed by atoms with Crippen molar-refractivity contribution in [3.8, 4) is 39.4 Å². The van der Waals surface area contributed by atoms with Crippen LogP contribution in [0, 0.1) is 11.3 Å². The van der Waals surface area contributed by atoms with Crippen molar-refractivity contribution in [2.45, 2.75) is 0 Å². The third-order valence-corrected chi connectivity index (χ3v) is 12.4. The first-order chi connectivity index (χ1) is 28.7. The van der Waals surface area contributed by atoms with Crippen molar-refractivity contribution in [1.82, 2.24) is 0 Å². The summed E-state index contributed by atoms with van der Waals surface area (Å²) in [6.07, 6.45) is 0. The first-order valence-electron chi connectivity index (χ1n) is 19.9.